The van der Waals surface area contributed by atoms with Gasteiger partial charge in [-0.25, -0.2) is 9.78 Å². The van der Waals surface area contributed by atoms with Gasteiger partial charge in [-0.05, 0) is 61.9 Å². The summed E-state index contributed by atoms with van der Waals surface area (Å²) in [5, 5.41) is 3.27. The van der Waals surface area contributed by atoms with Gasteiger partial charge < -0.3 is 10.1 Å². The molecule has 0 radical (unpaired) electrons. The Morgan fingerprint density at radius 2 is 1.81 bits per heavy atom. The van der Waals surface area contributed by atoms with E-state index in [2.05, 4.69) is 10.3 Å². The summed E-state index contributed by atoms with van der Waals surface area (Å²) in [4.78, 5) is 44.0. The lowest BCUT2D eigenvalue weighted by molar-refractivity contribution is -0.119. The number of aryl methyl sites for hydroxylation is 3. The molecule has 8 heteroatoms. The van der Waals surface area contributed by atoms with Gasteiger partial charge in [-0.3, -0.25) is 14.2 Å². The molecule has 3 aromatic rings. The van der Waals surface area contributed by atoms with Crippen LogP contribution >= 0.6 is 11.3 Å². The molecule has 0 fully saturated rings. The molecule has 0 aliphatic carbocycles. The van der Waals surface area contributed by atoms with E-state index in [4.69, 9.17) is 4.74 Å². The highest BCUT2D eigenvalue weighted by atomic mass is 32.1. The third-order valence-corrected chi connectivity index (χ3v) is 6.30. The van der Waals surface area contributed by atoms with Crippen molar-refractivity contribution in [2.75, 3.05) is 11.9 Å². The predicted octanol–water partition coefficient (Wildman–Crippen LogP) is 4.79. The molecule has 1 amide bonds. The summed E-state index contributed by atoms with van der Waals surface area (Å²) >= 11 is 1.14. The Hall–Kier alpha value is -3.00. The van der Waals surface area contributed by atoms with E-state index in [-0.39, 0.29) is 17.4 Å². The fourth-order valence-electron chi connectivity index (χ4n) is 3.64. The highest BCUT2D eigenvalue weighted by Crippen LogP contribution is 2.28. The molecule has 7 nitrogen and oxygen atoms in total. The average Bonchev–Trinajstić information content (AvgIpc) is 3.05. The largest absolute Gasteiger partial charge is 0.461 e. The predicted molar refractivity (Wildman–Crippen MR) is 128 cm³/mol. The summed E-state index contributed by atoms with van der Waals surface area (Å²) in [7, 11) is 0. The molecule has 0 bridgehead atoms. The molecule has 2 aromatic heterocycles. The summed E-state index contributed by atoms with van der Waals surface area (Å²) in [6, 6.07) is 5.08. The maximum absolute atomic E-state index is 13.3. The molecule has 1 unspecified atom stereocenters. The monoisotopic (exact) mass is 455 g/mol. The van der Waals surface area contributed by atoms with Gasteiger partial charge >= 0.3 is 5.97 Å². The lowest BCUT2D eigenvalue weighted by Gasteiger charge is -2.18. The normalized spacial score (nSPS) is 12.2. The Bertz CT molecular complexity index is 1210. The van der Waals surface area contributed by atoms with Crippen LogP contribution in [0.25, 0.3) is 10.2 Å². The number of esters is 1. The third-order valence-electron chi connectivity index (χ3n) is 5.12. The number of aromatic nitrogens is 2. The van der Waals surface area contributed by atoms with E-state index in [1.807, 2.05) is 52.8 Å². The molecule has 0 aliphatic heterocycles. The fourth-order valence-corrected chi connectivity index (χ4v) is 4.68. The lowest BCUT2D eigenvalue weighted by Crippen LogP contribution is -2.33. The second-order valence-electron chi connectivity index (χ2n) is 8.48. The number of fused-ring (bicyclic) bond motifs is 1. The topological polar surface area (TPSA) is 90.3 Å². The Balaban J connectivity index is 1.95. The zero-order chi connectivity index (χ0) is 23.6. The maximum Gasteiger partial charge on any atom is 0.348 e. The first-order valence-corrected chi connectivity index (χ1v) is 11.5. The summed E-state index contributed by atoms with van der Waals surface area (Å²) < 4.78 is 6.68. The number of carbonyl (C=O) groups is 2. The minimum atomic E-state index is -0.726. The first-order valence-electron chi connectivity index (χ1n) is 10.7. The zero-order valence-electron chi connectivity index (χ0n) is 19.3. The van der Waals surface area contributed by atoms with Crippen molar-refractivity contribution in [3.05, 3.63) is 56.4 Å². The highest BCUT2D eigenvalue weighted by Gasteiger charge is 2.25. The van der Waals surface area contributed by atoms with Crippen molar-refractivity contribution in [2.24, 2.45) is 5.92 Å². The van der Waals surface area contributed by atoms with Crippen LogP contribution in [-0.2, 0) is 9.53 Å². The van der Waals surface area contributed by atoms with E-state index in [9.17, 15) is 14.4 Å². The number of hydrogen-bond acceptors (Lipinski definition) is 6. The van der Waals surface area contributed by atoms with E-state index < -0.39 is 12.0 Å². The Morgan fingerprint density at radius 1 is 1.16 bits per heavy atom. The van der Waals surface area contributed by atoms with E-state index in [0.717, 1.165) is 22.5 Å². The van der Waals surface area contributed by atoms with Crippen LogP contribution in [0.2, 0.25) is 0 Å². The summed E-state index contributed by atoms with van der Waals surface area (Å²) in [6.07, 6.45) is 1.80. The van der Waals surface area contributed by atoms with Gasteiger partial charge in [0.25, 0.3) is 5.56 Å². The number of ether oxygens (including phenoxy) is 1. The van der Waals surface area contributed by atoms with Crippen LogP contribution in [0.15, 0.2) is 29.3 Å². The first kappa shape index (κ1) is 23.7. The van der Waals surface area contributed by atoms with Gasteiger partial charge in [-0.2, -0.15) is 0 Å². The first-order chi connectivity index (χ1) is 15.1. The third kappa shape index (κ3) is 4.91. The molecule has 3 rings (SSSR count). The highest BCUT2D eigenvalue weighted by molar-refractivity contribution is 7.20. The van der Waals surface area contributed by atoms with Crippen LogP contribution in [-0.4, -0.2) is 28.0 Å². The maximum atomic E-state index is 13.3. The molecule has 32 heavy (non-hydrogen) atoms. The van der Waals surface area contributed by atoms with E-state index in [1.54, 1.807) is 6.92 Å². The number of carbonyl (C=O) groups excluding carboxylic acids is 2. The second kappa shape index (κ2) is 9.65. The molecule has 0 saturated heterocycles. The number of hydrogen-bond donors (Lipinski definition) is 1. The number of nitrogens with one attached hydrogen (secondary N) is 1. The smallest absolute Gasteiger partial charge is 0.348 e. The molecular formula is C24H29N3O4S. The molecule has 1 atom stereocenters. The Kier molecular flexibility index (Phi) is 7.13. The number of anilines is 1. The Morgan fingerprint density at radius 3 is 2.41 bits per heavy atom. The minimum absolute atomic E-state index is 0.213. The van der Waals surface area contributed by atoms with Crippen molar-refractivity contribution in [1.29, 1.82) is 0 Å². The van der Waals surface area contributed by atoms with Crippen LogP contribution in [0.3, 0.4) is 0 Å². The van der Waals surface area contributed by atoms with E-state index >= 15 is 0 Å². The molecule has 0 saturated carbocycles. The molecule has 0 aliphatic rings. The van der Waals surface area contributed by atoms with Crippen molar-refractivity contribution in [3.8, 4) is 0 Å². The van der Waals surface area contributed by atoms with Gasteiger partial charge in [0.2, 0.25) is 5.91 Å². The van der Waals surface area contributed by atoms with Crippen molar-refractivity contribution in [1.82, 2.24) is 9.55 Å². The molecule has 0 spiro atoms. The number of nitrogens with zero attached hydrogens (tertiary/aromatic N) is 2. The quantitative estimate of drug-likeness (QED) is 0.518. The number of thiophene rings is 1. The van der Waals surface area contributed by atoms with Gasteiger partial charge in [0.05, 0.1) is 18.3 Å². The van der Waals surface area contributed by atoms with Gasteiger partial charge in [0, 0.05) is 5.69 Å². The molecular weight excluding hydrogens is 426 g/mol. The van der Waals surface area contributed by atoms with Crippen LogP contribution in [0.5, 0.6) is 0 Å². The van der Waals surface area contributed by atoms with E-state index in [1.165, 1.54) is 10.9 Å². The van der Waals surface area contributed by atoms with Crippen LogP contribution in [0.1, 0.15) is 59.6 Å². The standard InChI is InChI=1S/C24H29N3O4S/c1-7-18(21(28)26-17-9-14(4)8-15(5)10-17)27-12-25-22-19(23(27)29)16(6)20(32-22)24(30)31-11-13(2)3/h8-10,12-13,18H,7,11H2,1-6H3,(H,26,28). The van der Waals surface area contributed by atoms with Gasteiger partial charge in [0.15, 0.2) is 0 Å². The average molecular weight is 456 g/mol. The van der Waals surface area contributed by atoms with Gasteiger partial charge in [0.1, 0.15) is 15.7 Å². The second-order valence-corrected chi connectivity index (χ2v) is 9.47. The summed E-state index contributed by atoms with van der Waals surface area (Å²) in [6.45, 7) is 11.7. The number of rotatable bonds is 7. The minimum Gasteiger partial charge on any atom is -0.461 e. The van der Waals surface area contributed by atoms with Crippen LogP contribution in [0.4, 0.5) is 5.69 Å². The van der Waals surface area contributed by atoms with Crippen molar-refractivity contribution >= 4 is 39.1 Å². The number of amides is 1. The lowest BCUT2D eigenvalue weighted by atomic mass is 10.1. The summed E-state index contributed by atoms with van der Waals surface area (Å²) in [5.74, 6) is -0.528. The van der Waals surface area contributed by atoms with Gasteiger partial charge in [-0.1, -0.05) is 26.8 Å². The SMILES string of the molecule is CCC(C(=O)Nc1cc(C)cc(C)c1)n1cnc2sc(C(=O)OCC(C)C)c(C)c2c1=O. The molecule has 1 N–H and O–H groups in total. The zero-order valence-corrected chi connectivity index (χ0v) is 20.1. The van der Waals surface area contributed by atoms with Crippen LogP contribution < -0.4 is 10.9 Å². The van der Waals surface area contributed by atoms with Crippen molar-refractivity contribution in [2.45, 2.75) is 54.0 Å². The Labute approximate surface area is 191 Å². The summed E-state index contributed by atoms with van der Waals surface area (Å²) in [5.41, 5.74) is 2.97. The molecule has 1 aromatic carbocycles. The van der Waals surface area contributed by atoms with Crippen molar-refractivity contribution in [3.63, 3.8) is 0 Å². The molecule has 2 heterocycles. The number of benzene rings is 1. The van der Waals surface area contributed by atoms with E-state index in [0.29, 0.717) is 39.4 Å². The van der Waals surface area contributed by atoms with Crippen molar-refractivity contribution < 1.29 is 14.3 Å². The molecule has 170 valence electrons. The van der Waals surface area contributed by atoms with Crippen LogP contribution in [0, 0.1) is 26.7 Å². The fraction of sp³-hybridized carbons (Fsp3) is 0.417. The van der Waals surface area contributed by atoms with Gasteiger partial charge in [-0.15, -0.1) is 11.3 Å².